The predicted octanol–water partition coefficient (Wildman–Crippen LogP) is 4.53. The molecule has 3 heterocycles. The molecule has 1 N–H and O–H groups in total. The minimum atomic E-state index is -0.902. The normalized spacial score (nSPS) is 25.4. The molecule has 27 heavy (non-hydrogen) atoms. The van der Waals surface area contributed by atoms with Gasteiger partial charge in [-0.3, -0.25) is 4.90 Å². The molecular formula is C19H16Cl2N2O4. The predicted molar refractivity (Wildman–Crippen MR) is 101 cm³/mol. The Bertz CT molecular complexity index is 967. The Hall–Kier alpha value is -2.31. The number of amides is 2. The number of nitrogens with zero attached hydrogens (tertiary/aromatic N) is 1. The molecule has 0 saturated carbocycles. The van der Waals surface area contributed by atoms with Crippen molar-refractivity contribution in [2.24, 2.45) is 0 Å². The molecule has 5 rings (SSSR count). The number of anilines is 1. The molecule has 0 unspecified atom stereocenters. The summed E-state index contributed by atoms with van der Waals surface area (Å²) in [6, 6.07) is 8.36. The van der Waals surface area contributed by atoms with Gasteiger partial charge in [0.2, 0.25) is 0 Å². The summed E-state index contributed by atoms with van der Waals surface area (Å²) < 4.78 is 17.5. The van der Waals surface area contributed by atoms with Crippen molar-refractivity contribution in [3.05, 3.63) is 45.9 Å². The highest BCUT2D eigenvalue weighted by Gasteiger charge is 2.50. The number of ether oxygens (including phenoxy) is 3. The number of fused-ring (bicyclic) bond motifs is 5. The summed E-state index contributed by atoms with van der Waals surface area (Å²) in [6.07, 6.45) is 0.552. The van der Waals surface area contributed by atoms with Gasteiger partial charge >= 0.3 is 6.03 Å². The molecule has 0 aromatic heterocycles. The van der Waals surface area contributed by atoms with Crippen LogP contribution in [0.25, 0.3) is 0 Å². The average molecular weight is 407 g/mol. The van der Waals surface area contributed by atoms with Crippen LogP contribution in [0.1, 0.15) is 24.9 Å². The maximum absolute atomic E-state index is 13.0. The molecule has 2 aromatic carbocycles. The minimum absolute atomic E-state index is 0.226. The Kier molecular flexibility index (Phi) is 3.64. The Morgan fingerprint density at radius 2 is 1.93 bits per heavy atom. The van der Waals surface area contributed by atoms with Crippen molar-refractivity contribution in [2.75, 3.05) is 18.1 Å². The van der Waals surface area contributed by atoms with E-state index in [1.54, 1.807) is 29.2 Å². The van der Waals surface area contributed by atoms with Gasteiger partial charge in [0, 0.05) is 23.1 Å². The number of urea groups is 1. The summed E-state index contributed by atoms with van der Waals surface area (Å²) in [5.74, 6) is 1.82. The van der Waals surface area contributed by atoms with Gasteiger partial charge in [-0.1, -0.05) is 23.2 Å². The molecule has 3 aliphatic rings. The molecule has 3 aliphatic heterocycles. The third-order valence-corrected chi connectivity index (χ3v) is 5.57. The van der Waals surface area contributed by atoms with Crippen LogP contribution in [0, 0.1) is 0 Å². The molecule has 0 spiro atoms. The molecule has 140 valence electrons. The van der Waals surface area contributed by atoms with Crippen LogP contribution in [0.4, 0.5) is 10.5 Å². The highest BCUT2D eigenvalue weighted by Crippen LogP contribution is 2.49. The first-order valence-electron chi connectivity index (χ1n) is 8.63. The number of halogens is 2. The van der Waals surface area contributed by atoms with Crippen molar-refractivity contribution in [2.45, 2.75) is 25.1 Å². The van der Waals surface area contributed by atoms with Crippen molar-refractivity contribution in [3.63, 3.8) is 0 Å². The fourth-order valence-corrected chi connectivity index (χ4v) is 4.50. The van der Waals surface area contributed by atoms with Gasteiger partial charge in [-0.05, 0) is 31.2 Å². The second kappa shape index (κ2) is 5.84. The number of rotatable bonds is 1. The van der Waals surface area contributed by atoms with Gasteiger partial charge in [-0.25, -0.2) is 4.79 Å². The molecule has 6 nitrogen and oxygen atoms in total. The molecule has 2 aromatic rings. The van der Waals surface area contributed by atoms with Gasteiger partial charge in [-0.15, -0.1) is 0 Å². The maximum atomic E-state index is 13.0. The molecule has 2 bridgehead atoms. The van der Waals surface area contributed by atoms with Crippen LogP contribution in [0.2, 0.25) is 10.0 Å². The van der Waals surface area contributed by atoms with Gasteiger partial charge in [0.15, 0.2) is 17.2 Å². The van der Waals surface area contributed by atoms with Gasteiger partial charge in [0.1, 0.15) is 19.0 Å². The van der Waals surface area contributed by atoms with E-state index in [0.717, 1.165) is 5.56 Å². The summed E-state index contributed by atoms with van der Waals surface area (Å²) in [5, 5.41) is 3.96. The zero-order valence-corrected chi connectivity index (χ0v) is 15.9. The molecule has 0 aliphatic carbocycles. The molecule has 0 radical (unpaired) electrons. The molecular weight excluding hydrogens is 391 g/mol. The van der Waals surface area contributed by atoms with Crippen molar-refractivity contribution in [1.82, 2.24) is 5.32 Å². The lowest BCUT2D eigenvalue weighted by atomic mass is 9.90. The van der Waals surface area contributed by atoms with Crippen LogP contribution in [-0.4, -0.2) is 25.0 Å². The smallest absolute Gasteiger partial charge is 0.325 e. The third-order valence-electron chi connectivity index (χ3n) is 5.08. The first-order chi connectivity index (χ1) is 12.9. The standard InChI is InChI=1S/C19H16Cl2N2O4/c1-19-9-14(12-6-10(20)7-13(21)17(12)27-19)22-18(24)23(19)11-2-3-15-16(8-11)26-5-4-25-15/h2-3,6-8,14H,4-5,9H2,1H3,(H,22,24)/t14-,19-/m0/s1. The van der Waals surface area contributed by atoms with Crippen LogP contribution in [0.15, 0.2) is 30.3 Å². The van der Waals surface area contributed by atoms with E-state index in [0.29, 0.717) is 52.6 Å². The number of hydrogen-bond acceptors (Lipinski definition) is 4. The van der Waals surface area contributed by atoms with Crippen LogP contribution in [0.5, 0.6) is 17.2 Å². The highest BCUT2D eigenvalue weighted by molar-refractivity contribution is 6.35. The van der Waals surface area contributed by atoms with Gasteiger partial charge in [0.25, 0.3) is 0 Å². The largest absolute Gasteiger partial charge is 0.486 e. The van der Waals surface area contributed by atoms with Gasteiger partial charge < -0.3 is 19.5 Å². The minimum Gasteiger partial charge on any atom is -0.486 e. The number of carbonyl (C=O) groups is 1. The lowest BCUT2D eigenvalue weighted by molar-refractivity contribution is 0.0379. The molecule has 1 saturated heterocycles. The lowest BCUT2D eigenvalue weighted by Crippen LogP contribution is -2.65. The zero-order valence-electron chi connectivity index (χ0n) is 14.4. The van der Waals surface area contributed by atoms with E-state index in [2.05, 4.69) is 5.32 Å². The summed E-state index contributed by atoms with van der Waals surface area (Å²) in [4.78, 5) is 14.6. The maximum Gasteiger partial charge on any atom is 0.325 e. The van der Waals surface area contributed by atoms with Crippen LogP contribution in [-0.2, 0) is 0 Å². The van der Waals surface area contributed by atoms with E-state index in [-0.39, 0.29) is 12.1 Å². The van der Waals surface area contributed by atoms with E-state index in [4.69, 9.17) is 37.4 Å². The SMILES string of the molecule is C[C@]12C[C@H](NC(=O)N1c1ccc3c(c1)OCCO3)c1cc(Cl)cc(Cl)c1O2. The zero-order chi connectivity index (χ0) is 18.8. The van der Waals surface area contributed by atoms with E-state index >= 15 is 0 Å². The molecule has 8 heteroatoms. The van der Waals surface area contributed by atoms with Crippen LogP contribution in [0.3, 0.4) is 0 Å². The summed E-state index contributed by atoms with van der Waals surface area (Å²) in [5.41, 5.74) is 0.549. The topological polar surface area (TPSA) is 60.0 Å². The number of benzene rings is 2. The number of nitrogens with one attached hydrogen (secondary N) is 1. The molecule has 1 fully saturated rings. The average Bonchev–Trinajstić information content (AvgIpc) is 2.62. The van der Waals surface area contributed by atoms with E-state index in [1.165, 1.54) is 0 Å². The van der Waals surface area contributed by atoms with Crippen LogP contribution >= 0.6 is 23.2 Å². The van der Waals surface area contributed by atoms with Crippen LogP contribution < -0.4 is 24.4 Å². The molecule has 2 amide bonds. The van der Waals surface area contributed by atoms with Crippen molar-refractivity contribution in [1.29, 1.82) is 0 Å². The summed E-state index contributed by atoms with van der Waals surface area (Å²) >= 11 is 12.5. The van der Waals surface area contributed by atoms with E-state index in [9.17, 15) is 4.79 Å². The second-order valence-corrected chi connectivity index (χ2v) is 7.80. The Balaban J connectivity index is 1.59. The molecule has 2 atom stereocenters. The Labute approximate surface area is 165 Å². The third kappa shape index (κ3) is 2.58. The van der Waals surface area contributed by atoms with Gasteiger partial charge in [0.05, 0.1) is 16.8 Å². The lowest BCUT2D eigenvalue weighted by Gasteiger charge is -2.50. The Morgan fingerprint density at radius 3 is 2.74 bits per heavy atom. The fourth-order valence-electron chi connectivity index (χ4n) is 3.95. The quantitative estimate of drug-likeness (QED) is 0.755. The highest BCUT2D eigenvalue weighted by atomic mass is 35.5. The first kappa shape index (κ1) is 16.8. The van der Waals surface area contributed by atoms with Crippen molar-refractivity contribution < 1.29 is 19.0 Å². The number of carbonyl (C=O) groups excluding carboxylic acids is 1. The van der Waals surface area contributed by atoms with Crippen molar-refractivity contribution >= 4 is 34.9 Å². The first-order valence-corrected chi connectivity index (χ1v) is 9.38. The monoisotopic (exact) mass is 406 g/mol. The Morgan fingerprint density at radius 1 is 1.15 bits per heavy atom. The fraction of sp³-hybridized carbons (Fsp3) is 0.316. The van der Waals surface area contributed by atoms with Crippen molar-refractivity contribution in [3.8, 4) is 17.2 Å². The second-order valence-electron chi connectivity index (χ2n) is 6.95. The van der Waals surface area contributed by atoms with E-state index < -0.39 is 5.72 Å². The van der Waals surface area contributed by atoms with E-state index in [1.807, 2.05) is 13.0 Å². The number of hydrogen-bond donors (Lipinski definition) is 1. The summed E-state index contributed by atoms with van der Waals surface area (Å²) in [6.45, 7) is 2.86. The van der Waals surface area contributed by atoms with Gasteiger partial charge in [-0.2, -0.15) is 0 Å². The summed E-state index contributed by atoms with van der Waals surface area (Å²) in [7, 11) is 0.